The molecule has 0 saturated heterocycles. The maximum atomic E-state index is 11.9. The fourth-order valence-corrected chi connectivity index (χ4v) is 1.96. The van der Waals surface area contributed by atoms with E-state index in [1.54, 1.807) is 0 Å². The van der Waals surface area contributed by atoms with Gasteiger partial charge in [-0.05, 0) is 34.1 Å². The second-order valence-corrected chi connectivity index (χ2v) is 4.67. The summed E-state index contributed by atoms with van der Waals surface area (Å²) in [5.41, 5.74) is 0.189. The Kier molecular flexibility index (Phi) is 5.51. The van der Waals surface area contributed by atoms with Crippen molar-refractivity contribution in [1.29, 1.82) is 0 Å². The maximum Gasteiger partial charge on any atom is 0.326 e. The third kappa shape index (κ3) is 4.23. The predicted octanol–water partition coefficient (Wildman–Crippen LogP) is 1.12. The predicted molar refractivity (Wildman–Crippen MR) is 71.8 cm³/mol. The lowest BCUT2D eigenvalue weighted by Crippen LogP contribution is -2.42. The molecule has 20 heavy (non-hydrogen) atoms. The molecule has 108 valence electrons. The van der Waals surface area contributed by atoms with Crippen molar-refractivity contribution in [3.8, 4) is 5.75 Å². The minimum Gasteiger partial charge on any atom is -0.496 e. The minimum absolute atomic E-state index is 0.189. The smallest absolute Gasteiger partial charge is 0.326 e. The van der Waals surface area contributed by atoms with Crippen LogP contribution in [0.5, 0.6) is 5.75 Å². The number of carbonyl (C=O) groups is 3. The van der Waals surface area contributed by atoms with Crippen LogP contribution in [0.15, 0.2) is 22.7 Å². The third-order valence-corrected chi connectivity index (χ3v) is 3.02. The summed E-state index contributed by atoms with van der Waals surface area (Å²) in [5.74, 6) is -2.88. The molecule has 0 fully saturated rings. The van der Waals surface area contributed by atoms with Crippen LogP contribution in [0.1, 0.15) is 16.8 Å². The number of aliphatic carboxylic acids is 2. The standard InChI is InChI=1S/C12H12BrNO6/c1-20-9-3-2-6(4-7(9)13)11(17)14-8(12(18)19)5-10(15)16/h2-4,8H,5H2,1H3,(H,14,17)(H,15,16)(H,18,19)/t8-/m1/s1. The highest BCUT2D eigenvalue weighted by molar-refractivity contribution is 9.10. The van der Waals surface area contributed by atoms with Crippen molar-refractivity contribution in [2.24, 2.45) is 0 Å². The van der Waals surface area contributed by atoms with Crippen LogP contribution in [0.2, 0.25) is 0 Å². The summed E-state index contributed by atoms with van der Waals surface area (Å²) in [6.45, 7) is 0. The zero-order valence-electron chi connectivity index (χ0n) is 10.4. The van der Waals surface area contributed by atoms with E-state index in [9.17, 15) is 14.4 Å². The number of carboxylic acids is 2. The first-order chi connectivity index (χ1) is 9.35. The van der Waals surface area contributed by atoms with E-state index in [0.717, 1.165) is 0 Å². The van der Waals surface area contributed by atoms with Crippen molar-refractivity contribution in [1.82, 2.24) is 5.32 Å². The Bertz CT molecular complexity index is 545. The van der Waals surface area contributed by atoms with Crippen LogP contribution < -0.4 is 10.1 Å². The Morgan fingerprint density at radius 2 is 2.00 bits per heavy atom. The lowest BCUT2D eigenvalue weighted by atomic mass is 10.1. The molecule has 0 aliphatic heterocycles. The van der Waals surface area contributed by atoms with Crippen LogP contribution in [0.4, 0.5) is 0 Å². The molecule has 0 bridgehead atoms. The van der Waals surface area contributed by atoms with Gasteiger partial charge in [-0.3, -0.25) is 9.59 Å². The molecule has 0 aromatic heterocycles. The van der Waals surface area contributed by atoms with Crippen molar-refractivity contribution < 1.29 is 29.3 Å². The molecule has 0 aliphatic carbocycles. The Hall–Kier alpha value is -2.09. The van der Waals surface area contributed by atoms with Crippen molar-refractivity contribution in [3.63, 3.8) is 0 Å². The second-order valence-electron chi connectivity index (χ2n) is 3.81. The quantitative estimate of drug-likeness (QED) is 0.711. The molecule has 1 rings (SSSR count). The molecule has 8 heteroatoms. The van der Waals surface area contributed by atoms with Gasteiger partial charge in [0, 0.05) is 5.56 Å². The molecular weight excluding hydrogens is 334 g/mol. The van der Waals surface area contributed by atoms with Crippen molar-refractivity contribution >= 4 is 33.8 Å². The van der Waals surface area contributed by atoms with Gasteiger partial charge in [0.05, 0.1) is 18.0 Å². The number of nitrogens with one attached hydrogen (secondary N) is 1. The zero-order valence-corrected chi connectivity index (χ0v) is 12.0. The largest absolute Gasteiger partial charge is 0.496 e. The molecule has 0 unspecified atom stereocenters. The number of ether oxygens (including phenoxy) is 1. The molecule has 0 spiro atoms. The van der Waals surface area contributed by atoms with E-state index in [4.69, 9.17) is 14.9 Å². The van der Waals surface area contributed by atoms with E-state index in [1.807, 2.05) is 0 Å². The van der Waals surface area contributed by atoms with Crippen LogP contribution in [-0.2, 0) is 9.59 Å². The number of rotatable bonds is 6. The summed E-state index contributed by atoms with van der Waals surface area (Å²) < 4.78 is 5.53. The van der Waals surface area contributed by atoms with Gasteiger partial charge in [-0.15, -0.1) is 0 Å². The molecule has 0 saturated carbocycles. The fourth-order valence-electron chi connectivity index (χ4n) is 1.42. The van der Waals surface area contributed by atoms with Crippen molar-refractivity contribution in [2.75, 3.05) is 7.11 Å². The summed E-state index contributed by atoms with van der Waals surface area (Å²) in [6.07, 6.45) is -0.696. The van der Waals surface area contributed by atoms with Gasteiger partial charge in [0.1, 0.15) is 11.8 Å². The van der Waals surface area contributed by atoms with Gasteiger partial charge in [0.25, 0.3) is 5.91 Å². The normalized spacial score (nSPS) is 11.5. The number of carbonyl (C=O) groups excluding carboxylic acids is 1. The van der Waals surface area contributed by atoms with Gasteiger partial charge in [0.15, 0.2) is 0 Å². The van der Waals surface area contributed by atoms with Gasteiger partial charge < -0.3 is 20.3 Å². The van der Waals surface area contributed by atoms with Crippen LogP contribution in [0.25, 0.3) is 0 Å². The average Bonchev–Trinajstić information content (AvgIpc) is 2.37. The highest BCUT2D eigenvalue weighted by Gasteiger charge is 2.23. The fraction of sp³-hybridized carbons (Fsp3) is 0.250. The van der Waals surface area contributed by atoms with Gasteiger partial charge in [-0.2, -0.15) is 0 Å². The first kappa shape index (κ1) is 16.0. The topological polar surface area (TPSA) is 113 Å². The minimum atomic E-state index is -1.49. The number of hydrogen-bond donors (Lipinski definition) is 3. The summed E-state index contributed by atoms with van der Waals surface area (Å²) in [5, 5.41) is 19.6. The van der Waals surface area contributed by atoms with Crippen LogP contribution >= 0.6 is 15.9 Å². The van der Waals surface area contributed by atoms with E-state index in [-0.39, 0.29) is 5.56 Å². The number of carboxylic acid groups (broad SMARTS) is 2. The Labute approximate surface area is 122 Å². The summed E-state index contributed by atoms with van der Waals surface area (Å²) in [6, 6.07) is 2.94. The SMILES string of the molecule is COc1ccc(C(=O)N[C@H](CC(=O)O)C(=O)O)cc1Br. The number of methoxy groups -OCH3 is 1. The molecule has 1 aromatic carbocycles. The molecule has 1 aromatic rings. The number of amides is 1. The Balaban J connectivity index is 2.86. The first-order valence-electron chi connectivity index (χ1n) is 5.44. The van der Waals surface area contributed by atoms with E-state index in [1.165, 1.54) is 25.3 Å². The van der Waals surface area contributed by atoms with Crippen LogP contribution in [0.3, 0.4) is 0 Å². The van der Waals surface area contributed by atoms with Gasteiger partial charge in [0.2, 0.25) is 0 Å². The van der Waals surface area contributed by atoms with Crippen molar-refractivity contribution in [2.45, 2.75) is 12.5 Å². The van der Waals surface area contributed by atoms with Crippen LogP contribution in [0, 0.1) is 0 Å². The zero-order chi connectivity index (χ0) is 15.3. The molecule has 0 heterocycles. The lowest BCUT2D eigenvalue weighted by molar-refractivity contribution is -0.145. The van der Waals surface area contributed by atoms with Gasteiger partial charge in [-0.25, -0.2) is 4.79 Å². The first-order valence-corrected chi connectivity index (χ1v) is 6.23. The number of hydrogen-bond acceptors (Lipinski definition) is 4. The van der Waals surface area contributed by atoms with Gasteiger partial charge >= 0.3 is 11.9 Å². The second kappa shape index (κ2) is 6.90. The third-order valence-electron chi connectivity index (χ3n) is 2.40. The van der Waals surface area contributed by atoms with Crippen molar-refractivity contribution in [3.05, 3.63) is 28.2 Å². The Morgan fingerprint density at radius 1 is 1.35 bits per heavy atom. The highest BCUT2D eigenvalue weighted by Crippen LogP contribution is 2.25. The van der Waals surface area contributed by atoms with E-state index in [0.29, 0.717) is 10.2 Å². The highest BCUT2D eigenvalue weighted by atomic mass is 79.9. The molecule has 0 radical (unpaired) electrons. The van der Waals surface area contributed by atoms with Crippen LogP contribution in [-0.4, -0.2) is 41.2 Å². The molecule has 3 N–H and O–H groups in total. The molecule has 7 nitrogen and oxygen atoms in total. The lowest BCUT2D eigenvalue weighted by Gasteiger charge is -2.13. The maximum absolute atomic E-state index is 11.9. The molecular formula is C12H12BrNO6. The van der Waals surface area contributed by atoms with E-state index >= 15 is 0 Å². The van der Waals surface area contributed by atoms with Gasteiger partial charge in [-0.1, -0.05) is 0 Å². The monoisotopic (exact) mass is 345 g/mol. The molecule has 1 amide bonds. The number of halogens is 1. The van der Waals surface area contributed by atoms with E-state index < -0.39 is 30.3 Å². The molecule has 0 aliphatic rings. The summed E-state index contributed by atoms with van der Waals surface area (Å²) in [4.78, 5) is 33.3. The Morgan fingerprint density at radius 3 is 2.45 bits per heavy atom. The summed E-state index contributed by atoms with van der Waals surface area (Å²) >= 11 is 3.20. The number of benzene rings is 1. The average molecular weight is 346 g/mol. The summed E-state index contributed by atoms with van der Waals surface area (Å²) in [7, 11) is 1.47. The van der Waals surface area contributed by atoms with E-state index in [2.05, 4.69) is 21.2 Å². The molecule has 1 atom stereocenters.